The molecule has 1 aromatic carbocycles. The highest BCUT2D eigenvalue weighted by molar-refractivity contribution is 7.99. The van der Waals surface area contributed by atoms with Gasteiger partial charge in [-0.05, 0) is 19.1 Å². The number of nitrogens with one attached hydrogen (secondary N) is 2. The molecule has 9 nitrogen and oxygen atoms in total. The Balaban J connectivity index is 1.57. The molecule has 1 atom stereocenters. The summed E-state index contributed by atoms with van der Waals surface area (Å²) in [6.45, 7) is 1.83. The summed E-state index contributed by atoms with van der Waals surface area (Å²) >= 11 is 2.50. The van der Waals surface area contributed by atoms with Gasteiger partial charge in [-0.15, -0.1) is 20.4 Å². The van der Waals surface area contributed by atoms with Crippen LogP contribution >= 0.6 is 23.1 Å². The number of amides is 2. The van der Waals surface area contributed by atoms with Crippen molar-refractivity contribution in [2.24, 2.45) is 7.05 Å². The third-order valence-electron chi connectivity index (χ3n) is 3.58. The summed E-state index contributed by atoms with van der Waals surface area (Å²) in [7, 11) is 1.80. The number of carbonyl (C=O) groups excluding carboxylic acids is 2. The van der Waals surface area contributed by atoms with Crippen molar-refractivity contribution >= 4 is 40.0 Å². The van der Waals surface area contributed by atoms with Gasteiger partial charge in [-0.1, -0.05) is 41.3 Å². The number of hydrogen-bond acceptors (Lipinski definition) is 8. The first-order valence-electron chi connectivity index (χ1n) is 7.98. The van der Waals surface area contributed by atoms with Crippen LogP contribution in [0.15, 0.2) is 41.0 Å². The fourth-order valence-electron chi connectivity index (χ4n) is 2.28. The molecule has 27 heavy (non-hydrogen) atoms. The average Bonchev–Trinajstić information content (AvgIpc) is 3.30. The summed E-state index contributed by atoms with van der Waals surface area (Å²) in [6.07, 6.45) is 0. The maximum absolute atomic E-state index is 12.3. The molecule has 2 amide bonds. The normalized spacial score (nSPS) is 11.8. The maximum Gasteiger partial charge on any atom is 0.251 e. The van der Waals surface area contributed by atoms with Crippen LogP contribution in [0.5, 0.6) is 0 Å². The van der Waals surface area contributed by atoms with Gasteiger partial charge >= 0.3 is 0 Å². The van der Waals surface area contributed by atoms with E-state index in [2.05, 4.69) is 31.0 Å². The Bertz CT molecular complexity index is 912. The lowest BCUT2D eigenvalue weighted by atomic mass is 10.2. The van der Waals surface area contributed by atoms with E-state index >= 15 is 0 Å². The van der Waals surface area contributed by atoms with Crippen LogP contribution in [0.2, 0.25) is 0 Å². The zero-order valence-electron chi connectivity index (χ0n) is 14.6. The standard InChI is InChI=1S/C16H17N7O2S2/c1-10(18-14(25)11-6-4-3-5-7-11)13-20-22-16(23(13)2)26-8-12(24)19-15-21-17-9-27-15/h3-7,9-10H,8H2,1-2H3,(H,18,25)(H,19,21,24)/t10-/m1/s1. The molecule has 3 rings (SSSR count). The molecule has 0 unspecified atom stereocenters. The van der Waals surface area contributed by atoms with Crippen molar-refractivity contribution in [1.29, 1.82) is 0 Å². The van der Waals surface area contributed by atoms with Crippen molar-refractivity contribution in [3.05, 3.63) is 47.2 Å². The van der Waals surface area contributed by atoms with E-state index in [0.29, 0.717) is 21.7 Å². The Morgan fingerprint density at radius 1 is 1.22 bits per heavy atom. The summed E-state index contributed by atoms with van der Waals surface area (Å²) in [6, 6.07) is 8.63. The quantitative estimate of drug-likeness (QED) is 0.579. The molecule has 0 aliphatic heterocycles. The summed E-state index contributed by atoms with van der Waals surface area (Å²) < 4.78 is 1.76. The number of benzene rings is 1. The van der Waals surface area contributed by atoms with Crippen molar-refractivity contribution in [3.8, 4) is 0 Å². The van der Waals surface area contributed by atoms with Crippen LogP contribution in [0, 0.1) is 0 Å². The van der Waals surface area contributed by atoms with Gasteiger partial charge in [0, 0.05) is 12.6 Å². The Morgan fingerprint density at radius 3 is 2.70 bits per heavy atom. The first-order valence-corrected chi connectivity index (χ1v) is 9.85. The molecule has 0 fully saturated rings. The third-order valence-corrected chi connectivity index (χ3v) is 5.21. The van der Waals surface area contributed by atoms with Crippen molar-refractivity contribution in [2.75, 3.05) is 11.1 Å². The molecule has 2 heterocycles. The molecule has 0 aliphatic carbocycles. The number of hydrogen-bond donors (Lipinski definition) is 2. The van der Waals surface area contributed by atoms with Crippen molar-refractivity contribution < 1.29 is 9.59 Å². The second-order valence-corrected chi connectivity index (χ2v) is 7.32. The number of anilines is 1. The predicted octanol–water partition coefficient (Wildman–Crippen LogP) is 1.89. The van der Waals surface area contributed by atoms with Crippen LogP contribution in [0.3, 0.4) is 0 Å². The minimum atomic E-state index is -0.334. The fraction of sp³-hybridized carbons (Fsp3) is 0.250. The van der Waals surface area contributed by atoms with Crippen LogP contribution in [0.25, 0.3) is 0 Å². The molecule has 0 saturated heterocycles. The van der Waals surface area contributed by atoms with Gasteiger partial charge in [-0.2, -0.15) is 0 Å². The van der Waals surface area contributed by atoms with Gasteiger partial charge in [0.15, 0.2) is 11.0 Å². The van der Waals surface area contributed by atoms with E-state index < -0.39 is 0 Å². The third kappa shape index (κ3) is 4.89. The maximum atomic E-state index is 12.3. The van der Waals surface area contributed by atoms with E-state index in [1.54, 1.807) is 29.3 Å². The Morgan fingerprint density at radius 2 is 2.00 bits per heavy atom. The number of aromatic nitrogens is 5. The molecule has 0 spiro atoms. The second-order valence-electron chi connectivity index (χ2n) is 5.54. The minimum Gasteiger partial charge on any atom is -0.342 e. The van der Waals surface area contributed by atoms with Crippen molar-refractivity contribution in [2.45, 2.75) is 18.1 Å². The van der Waals surface area contributed by atoms with Gasteiger partial charge in [0.2, 0.25) is 11.0 Å². The molecule has 2 aromatic heterocycles. The minimum absolute atomic E-state index is 0.163. The molecule has 11 heteroatoms. The van der Waals surface area contributed by atoms with E-state index in [0.717, 1.165) is 0 Å². The van der Waals surface area contributed by atoms with E-state index in [4.69, 9.17) is 0 Å². The van der Waals surface area contributed by atoms with E-state index in [1.165, 1.54) is 23.1 Å². The van der Waals surface area contributed by atoms with Crippen LogP contribution in [-0.4, -0.2) is 42.5 Å². The topological polar surface area (TPSA) is 115 Å². The van der Waals surface area contributed by atoms with Gasteiger partial charge in [-0.25, -0.2) is 0 Å². The summed E-state index contributed by atoms with van der Waals surface area (Å²) in [5, 5.41) is 22.3. The Labute approximate surface area is 163 Å². The van der Waals surface area contributed by atoms with Crippen LogP contribution in [0.1, 0.15) is 29.1 Å². The monoisotopic (exact) mass is 403 g/mol. The summed E-state index contributed by atoms with van der Waals surface area (Å²) in [5.41, 5.74) is 2.12. The molecule has 140 valence electrons. The van der Waals surface area contributed by atoms with Gasteiger partial charge in [-0.3, -0.25) is 14.9 Å². The van der Waals surface area contributed by atoms with Crippen LogP contribution < -0.4 is 10.6 Å². The molecular formula is C16H17N7O2S2. The van der Waals surface area contributed by atoms with Crippen molar-refractivity contribution in [3.63, 3.8) is 0 Å². The lowest BCUT2D eigenvalue weighted by Crippen LogP contribution is -2.28. The lowest BCUT2D eigenvalue weighted by Gasteiger charge is -2.13. The highest BCUT2D eigenvalue weighted by Crippen LogP contribution is 2.20. The molecule has 3 aromatic rings. The van der Waals surface area contributed by atoms with Gasteiger partial charge in [0.1, 0.15) is 5.51 Å². The summed E-state index contributed by atoms with van der Waals surface area (Å²) in [4.78, 5) is 24.2. The van der Waals surface area contributed by atoms with Crippen LogP contribution in [-0.2, 0) is 11.8 Å². The molecule has 0 bridgehead atoms. The van der Waals surface area contributed by atoms with Crippen LogP contribution in [0.4, 0.5) is 5.13 Å². The largest absolute Gasteiger partial charge is 0.342 e. The molecule has 0 saturated carbocycles. The highest BCUT2D eigenvalue weighted by Gasteiger charge is 2.19. The van der Waals surface area contributed by atoms with E-state index in [1.807, 2.05) is 25.1 Å². The van der Waals surface area contributed by atoms with Gasteiger partial charge in [0.05, 0.1) is 11.8 Å². The average molecular weight is 403 g/mol. The first-order chi connectivity index (χ1) is 13.0. The SMILES string of the molecule is C[C@@H](NC(=O)c1ccccc1)c1nnc(SCC(=O)Nc2nncs2)n1C. The molecule has 2 N–H and O–H groups in total. The predicted molar refractivity (Wildman–Crippen MR) is 103 cm³/mol. The number of nitrogens with zero attached hydrogens (tertiary/aromatic N) is 5. The molecular weight excluding hydrogens is 386 g/mol. The summed E-state index contributed by atoms with van der Waals surface area (Å²) in [5.74, 6) is 0.380. The zero-order chi connectivity index (χ0) is 19.2. The Kier molecular flexibility index (Phi) is 6.14. The molecule has 0 aliphatic rings. The fourth-order valence-corrected chi connectivity index (χ4v) is 3.46. The van der Waals surface area contributed by atoms with Gasteiger partial charge in [0.25, 0.3) is 5.91 Å². The van der Waals surface area contributed by atoms with E-state index in [9.17, 15) is 9.59 Å². The van der Waals surface area contributed by atoms with E-state index in [-0.39, 0.29) is 23.6 Å². The number of carbonyl (C=O) groups is 2. The van der Waals surface area contributed by atoms with Gasteiger partial charge < -0.3 is 9.88 Å². The first kappa shape index (κ1) is 19.0. The number of thioether (sulfide) groups is 1. The molecule has 0 radical (unpaired) electrons. The lowest BCUT2D eigenvalue weighted by molar-refractivity contribution is -0.113. The highest BCUT2D eigenvalue weighted by atomic mass is 32.2. The van der Waals surface area contributed by atoms with Crippen molar-refractivity contribution in [1.82, 2.24) is 30.3 Å². The zero-order valence-corrected chi connectivity index (χ0v) is 16.3. The smallest absolute Gasteiger partial charge is 0.251 e. The second kappa shape index (κ2) is 8.73. The number of rotatable bonds is 7. The Hall–Kier alpha value is -2.79.